The van der Waals surface area contributed by atoms with Crippen LogP contribution in [0.2, 0.25) is 0 Å². The zero-order valence-corrected chi connectivity index (χ0v) is 49.9. The number of hydrogen-bond donors (Lipinski definition) is 0. The minimum Gasteiger partial charge on any atom is -0.455 e. The van der Waals surface area contributed by atoms with Crippen LogP contribution in [-0.2, 0) is 0 Å². The molecule has 0 aliphatic rings. The van der Waals surface area contributed by atoms with Gasteiger partial charge in [-0.05, 0) is 130 Å². The number of rotatable bonds is 7. The average Bonchev–Trinajstić information content (AvgIpc) is 2.01. The smallest absolute Gasteiger partial charge is 0.143 e. The van der Waals surface area contributed by atoms with Crippen LogP contribution in [-0.4, -0.2) is 9.13 Å². The zero-order valence-electron chi connectivity index (χ0n) is 48.2. The molecule has 0 fully saturated rings. The predicted octanol–water partition coefficient (Wildman–Crippen LogP) is 24.8. The second kappa shape index (κ2) is 19.1. The first-order chi connectivity index (χ1) is 44.6. The maximum absolute atomic E-state index is 6.98. The molecule has 6 heterocycles. The van der Waals surface area contributed by atoms with Gasteiger partial charge in [0.1, 0.15) is 22.3 Å². The molecular formula is C84H48N2O2S2. The van der Waals surface area contributed by atoms with Gasteiger partial charge in [0.05, 0.1) is 22.1 Å². The van der Waals surface area contributed by atoms with E-state index in [1.54, 1.807) is 0 Å². The lowest BCUT2D eigenvalue weighted by Crippen LogP contribution is -1.98. The van der Waals surface area contributed by atoms with Crippen LogP contribution in [0.4, 0.5) is 0 Å². The van der Waals surface area contributed by atoms with Crippen LogP contribution in [0, 0.1) is 0 Å². The Bertz CT molecular complexity index is 5940. The standard InChI is InChI=1S/C84H48N2O2S2/c1-7-31-73-57(17-1)58-18-2-8-32-74(58)85(73)55-43-51(49-37-39-77-71(47-49)65-25-13-23-63(81(65)87-77)69-29-15-27-67-61-21-5-11-35-79(61)89-83(67)69)41-53(45-55)54-42-52(44-56(46-54)86-75-33-9-3-19-59(75)60-20-4-10-34-76(60)86)50-38-40-78-72(48-50)66-26-14-24-64(82(66)88-78)70-30-16-28-68-62-22-6-12-36-80(62)90-84(68)70/h1-48H. The van der Waals surface area contributed by atoms with E-state index in [2.05, 4.69) is 300 Å². The van der Waals surface area contributed by atoms with Crippen molar-refractivity contribution in [3.8, 4) is 67.0 Å². The molecule has 6 aromatic heterocycles. The van der Waals surface area contributed by atoms with Gasteiger partial charge in [-0.25, -0.2) is 0 Å². The van der Waals surface area contributed by atoms with Crippen LogP contribution in [0.1, 0.15) is 0 Å². The van der Waals surface area contributed by atoms with E-state index < -0.39 is 0 Å². The lowest BCUT2D eigenvalue weighted by Gasteiger charge is -2.17. The highest BCUT2D eigenvalue weighted by atomic mass is 32.1. The van der Waals surface area contributed by atoms with Gasteiger partial charge in [0.25, 0.3) is 0 Å². The molecule has 0 aliphatic heterocycles. The van der Waals surface area contributed by atoms with Crippen molar-refractivity contribution in [1.82, 2.24) is 9.13 Å². The summed E-state index contributed by atoms with van der Waals surface area (Å²) in [6.45, 7) is 0. The number of aromatic nitrogens is 2. The van der Waals surface area contributed by atoms with Crippen molar-refractivity contribution in [1.29, 1.82) is 0 Å². The van der Waals surface area contributed by atoms with E-state index in [0.29, 0.717) is 0 Å². The Balaban J connectivity index is 0.809. The number of fused-ring (bicyclic) bond motifs is 18. The van der Waals surface area contributed by atoms with Crippen LogP contribution in [0.25, 0.3) is 195 Å². The zero-order chi connectivity index (χ0) is 58.7. The van der Waals surface area contributed by atoms with E-state index in [-0.39, 0.29) is 0 Å². The minimum absolute atomic E-state index is 0.860. The van der Waals surface area contributed by atoms with E-state index in [1.165, 1.54) is 73.0 Å². The third-order valence-electron chi connectivity index (χ3n) is 18.9. The highest BCUT2D eigenvalue weighted by Crippen LogP contribution is 2.48. The van der Waals surface area contributed by atoms with E-state index in [0.717, 1.165) is 122 Å². The first kappa shape index (κ1) is 49.8. The average molecular weight is 1180 g/mol. The summed E-state index contributed by atoms with van der Waals surface area (Å²) in [4.78, 5) is 0. The Morgan fingerprint density at radius 3 is 0.944 bits per heavy atom. The molecule has 20 rings (SSSR count). The quantitative estimate of drug-likeness (QED) is 0.159. The molecule has 20 aromatic rings. The van der Waals surface area contributed by atoms with Crippen molar-refractivity contribution in [2.75, 3.05) is 0 Å². The third kappa shape index (κ3) is 7.34. The van der Waals surface area contributed by atoms with Gasteiger partial charge in [-0.3, -0.25) is 0 Å². The maximum Gasteiger partial charge on any atom is 0.143 e. The number of hydrogen-bond acceptors (Lipinski definition) is 4. The second-order valence-electron chi connectivity index (χ2n) is 23.8. The van der Waals surface area contributed by atoms with Gasteiger partial charge in [0.15, 0.2) is 0 Å². The largest absolute Gasteiger partial charge is 0.455 e. The summed E-state index contributed by atoms with van der Waals surface area (Å²) in [5.74, 6) is 0. The monoisotopic (exact) mass is 1180 g/mol. The SMILES string of the molecule is c1ccc2c(c1)sc1c(-c3cccc4c3oc3ccc(-c5cc(-c6cc(-c7ccc8oc9c(-c%10cccc%11c%10sc%10ccccc%10%11)cccc9c8c7)cc(-n7c8ccccc8c8ccccc87)c6)cc(-n6c7ccccc7c7ccccc76)c5)cc34)cccc12. The van der Waals surface area contributed by atoms with Crippen LogP contribution in [0.5, 0.6) is 0 Å². The molecule has 0 radical (unpaired) electrons. The maximum atomic E-state index is 6.98. The molecule has 0 unspecified atom stereocenters. The van der Waals surface area contributed by atoms with Gasteiger partial charge < -0.3 is 18.0 Å². The summed E-state index contributed by atoms with van der Waals surface area (Å²) in [5.41, 5.74) is 21.5. The first-order valence-electron chi connectivity index (χ1n) is 30.6. The predicted molar refractivity (Wildman–Crippen MR) is 383 cm³/mol. The summed E-state index contributed by atoms with van der Waals surface area (Å²) in [6, 6.07) is 107. The first-order valence-corrected chi connectivity index (χ1v) is 32.2. The van der Waals surface area contributed by atoms with Crippen molar-refractivity contribution >= 4 is 151 Å². The molecule has 0 atom stereocenters. The van der Waals surface area contributed by atoms with Crippen molar-refractivity contribution in [3.63, 3.8) is 0 Å². The molecule has 0 spiro atoms. The summed E-state index contributed by atoms with van der Waals surface area (Å²) >= 11 is 3.70. The number of para-hydroxylation sites is 6. The molecule has 0 amide bonds. The minimum atomic E-state index is 0.860. The van der Waals surface area contributed by atoms with Crippen molar-refractivity contribution < 1.29 is 8.83 Å². The van der Waals surface area contributed by atoms with E-state index in [1.807, 2.05) is 22.7 Å². The fraction of sp³-hybridized carbons (Fsp3) is 0. The van der Waals surface area contributed by atoms with Crippen LogP contribution in [0.3, 0.4) is 0 Å². The summed E-state index contributed by atoms with van der Waals surface area (Å²) in [7, 11) is 0. The van der Waals surface area contributed by atoms with Gasteiger partial charge in [-0.2, -0.15) is 0 Å². The molecule has 4 nitrogen and oxygen atoms in total. The molecule has 90 heavy (non-hydrogen) atoms. The number of thiophene rings is 2. The highest BCUT2D eigenvalue weighted by Gasteiger charge is 2.23. The van der Waals surface area contributed by atoms with Crippen molar-refractivity contribution in [2.45, 2.75) is 0 Å². The molecule has 0 aliphatic carbocycles. The Morgan fingerprint density at radius 1 is 0.222 bits per heavy atom. The number of furan rings is 2. The van der Waals surface area contributed by atoms with Crippen molar-refractivity contribution in [3.05, 3.63) is 291 Å². The normalized spacial score (nSPS) is 12.2. The second-order valence-corrected chi connectivity index (χ2v) is 25.9. The Morgan fingerprint density at radius 2 is 0.544 bits per heavy atom. The summed E-state index contributed by atoms with van der Waals surface area (Å²) < 4.78 is 24.0. The summed E-state index contributed by atoms with van der Waals surface area (Å²) in [6.07, 6.45) is 0. The lowest BCUT2D eigenvalue weighted by atomic mass is 9.93. The van der Waals surface area contributed by atoms with Gasteiger partial charge in [0, 0.05) is 117 Å². The Kier molecular flexibility index (Phi) is 10.6. The summed E-state index contributed by atoms with van der Waals surface area (Å²) in [5, 5.41) is 14.3. The lowest BCUT2D eigenvalue weighted by molar-refractivity contribution is 0.669. The molecule has 14 aromatic carbocycles. The molecule has 6 heteroatoms. The van der Waals surface area contributed by atoms with Crippen molar-refractivity contribution in [2.24, 2.45) is 0 Å². The third-order valence-corrected chi connectivity index (χ3v) is 21.3. The molecule has 0 N–H and O–H groups in total. The van der Waals surface area contributed by atoms with Gasteiger partial charge in [-0.1, -0.05) is 194 Å². The Labute approximate surface area is 523 Å². The van der Waals surface area contributed by atoms with Crippen LogP contribution < -0.4 is 0 Å². The van der Waals surface area contributed by atoms with Crippen LogP contribution in [0.15, 0.2) is 300 Å². The van der Waals surface area contributed by atoms with E-state index >= 15 is 0 Å². The topological polar surface area (TPSA) is 36.1 Å². The van der Waals surface area contributed by atoms with Gasteiger partial charge in [0.2, 0.25) is 0 Å². The molecule has 0 bridgehead atoms. The molecule has 418 valence electrons. The number of benzene rings is 14. The van der Waals surface area contributed by atoms with E-state index in [4.69, 9.17) is 8.83 Å². The Hall–Kier alpha value is -11.3. The molecule has 0 saturated carbocycles. The fourth-order valence-corrected chi connectivity index (χ4v) is 17.3. The van der Waals surface area contributed by atoms with Gasteiger partial charge in [-0.15, -0.1) is 22.7 Å². The molecular weight excluding hydrogens is 1130 g/mol. The van der Waals surface area contributed by atoms with Crippen LogP contribution >= 0.6 is 22.7 Å². The van der Waals surface area contributed by atoms with E-state index in [9.17, 15) is 0 Å². The van der Waals surface area contributed by atoms with Gasteiger partial charge >= 0.3 is 0 Å². The highest BCUT2D eigenvalue weighted by molar-refractivity contribution is 7.26. The number of nitrogens with zero attached hydrogens (tertiary/aromatic N) is 2. The fourth-order valence-electron chi connectivity index (χ4n) is 14.8. The molecule has 0 saturated heterocycles.